The van der Waals surface area contributed by atoms with Gasteiger partial charge < -0.3 is 20.4 Å². The molecule has 3 aromatic carbocycles. The van der Waals surface area contributed by atoms with Gasteiger partial charge in [0.05, 0.1) is 16.7 Å². The Hall–Kier alpha value is -4.77. The number of hydrogen-bond donors (Lipinski definition) is 2. The van der Waals surface area contributed by atoms with Crippen molar-refractivity contribution in [1.29, 1.82) is 0 Å². The highest BCUT2D eigenvalue weighted by Crippen LogP contribution is 2.30. The number of rotatable bonds is 11. The molecule has 0 radical (unpaired) electrons. The fourth-order valence-corrected chi connectivity index (χ4v) is 6.31. The van der Waals surface area contributed by atoms with Gasteiger partial charge in [0.1, 0.15) is 18.2 Å². The van der Waals surface area contributed by atoms with E-state index in [4.69, 9.17) is 10.5 Å². The van der Waals surface area contributed by atoms with Crippen LogP contribution in [-0.4, -0.2) is 28.0 Å². The van der Waals surface area contributed by atoms with Gasteiger partial charge in [0.15, 0.2) is 0 Å². The molecule has 5 nitrogen and oxygen atoms in total. The largest absolute Gasteiger partial charge is 0.487 e. The predicted octanol–water partition coefficient (Wildman–Crippen LogP) is 8.14. The first-order valence-electron chi connectivity index (χ1n) is 16.4. The van der Waals surface area contributed by atoms with Gasteiger partial charge in [-0.05, 0) is 103 Å². The van der Waals surface area contributed by atoms with Gasteiger partial charge in [0.2, 0.25) is 0 Å². The molecular formula is C41H48N4O. The third-order valence-corrected chi connectivity index (χ3v) is 9.20. The van der Waals surface area contributed by atoms with Crippen LogP contribution < -0.4 is 20.9 Å². The molecule has 3 N–H and O–H groups in total. The molecule has 0 saturated heterocycles. The molecule has 238 valence electrons. The molecule has 0 aliphatic heterocycles. The molecule has 0 spiro atoms. The Morgan fingerprint density at radius 2 is 1.78 bits per heavy atom. The summed E-state index contributed by atoms with van der Waals surface area (Å²) in [5.41, 5.74) is 17.9. The number of nitrogens with zero attached hydrogens (tertiary/aromatic N) is 2. The summed E-state index contributed by atoms with van der Waals surface area (Å²) in [7, 11) is 0. The summed E-state index contributed by atoms with van der Waals surface area (Å²) in [6.45, 7) is 23.1. The van der Waals surface area contributed by atoms with Crippen LogP contribution in [0, 0.1) is 25.7 Å². The Morgan fingerprint density at radius 3 is 2.52 bits per heavy atom. The number of aromatic amines is 1. The molecule has 2 atom stereocenters. The van der Waals surface area contributed by atoms with Crippen molar-refractivity contribution in [2.45, 2.75) is 54.5 Å². The molecule has 46 heavy (non-hydrogen) atoms. The summed E-state index contributed by atoms with van der Waals surface area (Å²) in [6, 6.07) is 17.6. The van der Waals surface area contributed by atoms with Crippen LogP contribution in [0.2, 0.25) is 0 Å². The maximum atomic E-state index is 6.74. The Kier molecular flexibility index (Phi) is 10.0. The van der Waals surface area contributed by atoms with Gasteiger partial charge in [-0.3, -0.25) is 0 Å². The van der Waals surface area contributed by atoms with Crippen molar-refractivity contribution in [3.8, 4) is 16.9 Å². The average Bonchev–Trinajstić information content (AvgIpc) is 3.43. The highest BCUT2D eigenvalue weighted by molar-refractivity contribution is 5.82. The summed E-state index contributed by atoms with van der Waals surface area (Å²) in [4.78, 5) is 10.5. The van der Waals surface area contributed by atoms with E-state index in [2.05, 4.69) is 123 Å². The lowest BCUT2D eigenvalue weighted by Crippen LogP contribution is -2.39. The minimum Gasteiger partial charge on any atom is -0.487 e. The first-order valence-corrected chi connectivity index (χ1v) is 16.4. The van der Waals surface area contributed by atoms with Crippen molar-refractivity contribution in [1.82, 2.24) is 14.9 Å². The fourth-order valence-electron chi connectivity index (χ4n) is 6.31. The zero-order valence-corrected chi connectivity index (χ0v) is 28.3. The van der Waals surface area contributed by atoms with Gasteiger partial charge in [-0.1, -0.05) is 81.2 Å². The average molecular weight is 613 g/mol. The number of hydrogen-bond acceptors (Lipinski definition) is 4. The second-order valence-electron chi connectivity index (χ2n) is 12.4. The molecule has 4 aromatic rings. The first-order chi connectivity index (χ1) is 22.1. The maximum Gasteiger partial charge on any atom is 0.143 e. The monoisotopic (exact) mass is 612 g/mol. The number of ether oxygens (including phenoxy) is 1. The quantitative estimate of drug-likeness (QED) is 0.102. The van der Waals surface area contributed by atoms with Crippen molar-refractivity contribution in [2.75, 3.05) is 18.9 Å². The lowest BCUT2D eigenvalue weighted by molar-refractivity contribution is 0.357. The van der Waals surface area contributed by atoms with E-state index in [-0.39, 0.29) is 5.92 Å². The Morgan fingerprint density at radius 1 is 1.02 bits per heavy atom. The number of imidazole rings is 1. The lowest BCUT2D eigenvalue weighted by Gasteiger charge is -2.33. The third-order valence-electron chi connectivity index (χ3n) is 9.20. The number of benzene rings is 3. The highest BCUT2D eigenvalue weighted by atomic mass is 16.5. The van der Waals surface area contributed by atoms with E-state index < -0.39 is 0 Å². The number of nitrogens with one attached hydrogen (secondary N) is 1. The molecule has 1 aliphatic rings. The fraction of sp³-hybridized carbons (Fsp3) is 0.293. The van der Waals surface area contributed by atoms with E-state index in [1.165, 1.54) is 44.0 Å². The van der Waals surface area contributed by atoms with Gasteiger partial charge in [0, 0.05) is 29.9 Å². The Labute approximate surface area is 274 Å². The van der Waals surface area contributed by atoms with E-state index in [0.717, 1.165) is 41.9 Å². The molecule has 1 aliphatic carbocycles. The second-order valence-corrected chi connectivity index (χ2v) is 12.4. The van der Waals surface area contributed by atoms with Crippen LogP contribution in [0.25, 0.3) is 33.4 Å². The van der Waals surface area contributed by atoms with Crippen molar-refractivity contribution >= 4 is 28.0 Å². The summed E-state index contributed by atoms with van der Waals surface area (Å²) in [5, 5.41) is 2.38. The third kappa shape index (κ3) is 6.89. The van der Waals surface area contributed by atoms with Crippen LogP contribution >= 0.6 is 0 Å². The van der Waals surface area contributed by atoms with Crippen molar-refractivity contribution in [3.05, 3.63) is 125 Å². The molecule has 5 rings (SSSR count). The number of allylic oxidation sites excluding steroid dienone is 3. The zero-order valence-electron chi connectivity index (χ0n) is 28.3. The minimum absolute atomic E-state index is 0.249. The first kappa shape index (κ1) is 32.6. The van der Waals surface area contributed by atoms with Crippen LogP contribution in [0.5, 0.6) is 5.75 Å². The van der Waals surface area contributed by atoms with Gasteiger partial charge in [-0.2, -0.15) is 0 Å². The van der Waals surface area contributed by atoms with Gasteiger partial charge >= 0.3 is 0 Å². The SMILES string of the molecule is C=CC=CC(=C)COc1cc2c(cc1N)=C(N(CC)Cc1cc(-c3ccc4nc(C)[nH]c4c3)ccc1C)C(CC)C=CC(C)C=2C. The van der Waals surface area contributed by atoms with E-state index in [9.17, 15) is 0 Å². The van der Waals surface area contributed by atoms with Crippen molar-refractivity contribution < 1.29 is 4.74 Å². The Balaban J connectivity index is 1.61. The summed E-state index contributed by atoms with van der Waals surface area (Å²) < 4.78 is 6.22. The van der Waals surface area contributed by atoms with E-state index in [0.29, 0.717) is 24.0 Å². The molecule has 0 saturated carbocycles. The van der Waals surface area contributed by atoms with E-state index >= 15 is 0 Å². The number of aromatic nitrogens is 2. The molecule has 1 aromatic heterocycles. The lowest BCUT2D eigenvalue weighted by atomic mass is 9.88. The molecule has 0 bridgehead atoms. The van der Waals surface area contributed by atoms with Gasteiger partial charge in [0.25, 0.3) is 0 Å². The van der Waals surface area contributed by atoms with Gasteiger partial charge in [-0.25, -0.2) is 4.98 Å². The van der Waals surface area contributed by atoms with Crippen LogP contribution in [0.1, 0.15) is 51.1 Å². The highest BCUT2D eigenvalue weighted by Gasteiger charge is 2.22. The molecule has 1 heterocycles. The van der Waals surface area contributed by atoms with E-state index in [1.807, 2.05) is 19.1 Å². The van der Waals surface area contributed by atoms with Crippen LogP contribution in [0.4, 0.5) is 5.69 Å². The maximum absolute atomic E-state index is 6.74. The number of aryl methyl sites for hydroxylation is 2. The molecule has 2 unspecified atom stereocenters. The summed E-state index contributed by atoms with van der Waals surface area (Å²) in [6.07, 6.45) is 11.3. The van der Waals surface area contributed by atoms with Crippen LogP contribution in [0.15, 0.2) is 97.6 Å². The van der Waals surface area contributed by atoms with Crippen molar-refractivity contribution in [2.24, 2.45) is 11.8 Å². The van der Waals surface area contributed by atoms with E-state index in [1.54, 1.807) is 6.08 Å². The summed E-state index contributed by atoms with van der Waals surface area (Å²) >= 11 is 0. The second kappa shape index (κ2) is 14.1. The number of nitrogen functional groups attached to an aromatic ring is 1. The number of nitrogens with two attached hydrogens (primary N) is 1. The standard InChI is InChI=1S/C41H48N4O/c1-9-12-13-26(4)25-46-40-23-35-29(7)27(5)14-16-31(10-2)41(36(35)22-37(40)42)45(11-3)24-34-20-32(17-15-28(34)6)33-18-19-38-39(21-33)44-30(8)43-38/h9,12-23,27,31H,1,4,10-11,24-25,42H2,2-3,5-8H3,(H,43,44). The Bertz CT molecular complexity index is 1960. The molecule has 0 fully saturated rings. The predicted molar refractivity (Wildman–Crippen MR) is 196 cm³/mol. The molecule has 5 heteroatoms. The summed E-state index contributed by atoms with van der Waals surface area (Å²) in [5.74, 6) is 2.16. The molecular weight excluding hydrogens is 564 g/mol. The molecule has 0 amide bonds. The topological polar surface area (TPSA) is 67.2 Å². The zero-order chi connectivity index (χ0) is 33.0. The van der Waals surface area contributed by atoms with Gasteiger partial charge in [-0.15, -0.1) is 0 Å². The number of fused-ring (bicyclic) bond motifs is 2. The number of anilines is 1. The normalized spacial score (nSPS) is 16.4. The minimum atomic E-state index is 0.249. The number of H-pyrrole nitrogens is 1. The van der Waals surface area contributed by atoms with Crippen LogP contribution in [-0.2, 0) is 6.54 Å². The van der Waals surface area contributed by atoms with Crippen LogP contribution in [0.3, 0.4) is 0 Å². The van der Waals surface area contributed by atoms with Crippen molar-refractivity contribution in [3.63, 3.8) is 0 Å². The smallest absolute Gasteiger partial charge is 0.143 e.